The van der Waals surface area contributed by atoms with Gasteiger partial charge in [-0.1, -0.05) is 32.9 Å². The summed E-state index contributed by atoms with van der Waals surface area (Å²) in [5.74, 6) is 1.56. The van der Waals surface area contributed by atoms with Crippen LogP contribution in [0.15, 0.2) is 12.2 Å². The van der Waals surface area contributed by atoms with Crippen LogP contribution in [0.3, 0.4) is 0 Å². The zero-order chi connectivity index (χ0) is 15.4. The van der Waals surface area contributed by atoms with Crippen molar-refractivity contribution in [1.29, 1.82) is 0 Å². The molecule has 3 atom stereocenters. The number of rotatable bonds is 6. The molecule has 0 radical (unpaired) electrons. The van der Waals surface area contributed by atoms with Gasteiger partial charge in [0.2, 0.25) is 5.91 Å². The Morgan fingerprint density at radius 3 is 2.71 bits per heavy atom. The lowest BCUT2D eigenvalue weighted by molar-refractivity contribution is -0.141. The van der Waals surface area contributed by atoms with Crippen LogP contribution in [-0.2, 0) is 14.3 Å². The molecule has 2 rings (SSSR count). The molecule has 0 aromatic rings. The summed E-state index contributed by atoms with van der Waals surface area (Å²) in [6, 6.07) is -0.442. The quantitative estimate of drug-likeness (QED) is 0.605. The third-order valence-corrected chi connectivity index (χ3v) is 4.55. The van der Waals surface area contributed by atoms with Crippen LogP contribution in [0.1, 0.15) is 46.5 Å². The Kier molecular flexibility index (Phi) is 5.43. The van der Waals surface area contributed by atoms with E-state index in [1.165, 1.54) is 12.8 Å². The van der Waals surface area contributed by atoms with Gasteiger partial charge >= 0.3 is 5.97 Å². The highest BCUT2D eigenvalue weighted by Gasteiger charge is 2.29. The third-order valence-electron chi connectivity index (χ3n) is 4.55. The molecular formula is C17H27NO3. The fraction of sp³-hybridized carbons (Fsp3) is 0.765. The second-order valence-corrected chi connectivity index (χ2v) is 6.85. The van der Waals surface area contributed by atoms with Crippen LogP contribution in [0.2, 0.25) is 0 Å². The first-order valence-electron chi connectivity index (χ1n) is 8.11. The number of carbonyl (C=O) groups excluding carboxylic acids is 2. The molecule has 0 bridgehead atoms. The van der Waals surface area contributed by atoms with Crippen molar-refractivity contribution in [3.05, 3.63) is 12.2 Å². The van der Waals surface area contributed by atoms with Gasteiger partial charge in [-0.15, -0.1) is 0 Å². The molecule has 1 saturated heterocycles. The maximum atomic E-state index is 12.1. The largest absolute Gasteiger partial charge is 0.464 e. The average molecular weight is 293 g/mol. The Bertz CT molecular complexity index is 412. The number of nitrogens with one attached hydrogen (secondary N) is 1. The van der Waals surface area contributed by atoms with Gasteiger partial charge in [0.05, 0.1) is 6.61 Å². The SMILES string of the molecule is CC(/C=C/C1CC(C)C1)CC(C)C(=O)N[C@@H]1CCOC1=O. The number of hydrogen-bond donors (Lipinski definition) is 1. The Morgan fingerprint density at radius 2 is 2.14 bits per heavy atom. The number of ether oxygens (including phenoxy) is 1. The smallest absolute Gasteiger partial charge is 0.328 e. The molecule has 1 N–H and O–H groups in total. The van der Waals surface area contributed by atoms with Gasteiger partial charge in [0.1, 0.15) is 6.04 Å². The molecule has 2 unspecified atom stereocenters. The maximum absolute atomic E-state index is 12.1. The van der Waals surface area contributed by atoms with Crippen LogP contribution >= 0.6 is 0 Å². The molecule has 1 saturated carbocycles. The summed E-state index contributed by atoms with van der Waals surface area (Å²) in [5.41, 5.74) is 0. The van der Waals surface area contributed by atoms with Gasteiger partial charge in [0.25, 0.3) is 0 Å². The molecule has 4 heteroatoms. The molecule has 0 aromatic heterocycles. The summed E-state index contributed by atoms with van der Waals surface area (Å²) >= 11 is 0. The highest BCUT2D eigenvalue weighted by atomic mass is 16.5. The molecule has 1 amide bonds. The monoisotopic (exact) mass is 293 g/mol. The minimum Gasteiger partial charge on any atom is -0.464 e. The molecule has 1 aliphatic carbocycles. The number of esters is 1. The fourth-order valence-electron chi connectivity index (χ4n) is 3.15. The van der Waals surface area contributed by atoms with Crippen molar-refractivity contribution in [2.24, 2.45) is 23.7 Å². The third kappa shape index (κ3) is 4.58. The van der Waals surface area contributed by atoms with Gasteiger partial charge < -0.3 is 10.1 Å². The summed E-state index contributed by atoms with van der Waals surface area (Å²) < 4.78 is 4.85. The van der Waals surface area contributed by atoms with Crippen LogP contribution < -0.4 is 5.32 Å². The maximum Gasteiger partial charge on any atom is 0.328 e. The van der Waals surface area contributed by atoms with Crippen molar-refractivity contribution in [3.63, 3.8) is 0 Å². The highest BCUT2D eigenvalue weighted by Crippen LogP contribution is 2.34. The molecular weight excluding hydrogens is 266 g/mol. The van der Waals surface area contributed by atoms with E-state index in [0.29, 0.717) is 18.9 Å². The van der Waals surface area contributed by atoms with Crippen molar-refractivity contribution in [1.82, 2.24) is 5.32 Å². The van der Waals surface area contributed by atoms with Crippen LogP contribution in [0.4, 0.5) is 0 Å². The lowest BCUT2D eigenvalue weighted by Crippen LogP contribution is -2.41. The predicted molar refractivity (Wildman–Crippen MR) is 81.5 cm³/mol. The molecule has 2 aliphatic rings. The van der Waals surface area contributed by atoms with E-state index >= 15 is 0 Å². The lowest BCUT2D eigenvalue weighted by Gasteiger charge is -2.30. The van der Waals surface area contributed by atoms with E-state index in [2.05, 4.69) is 31.3 Å². The van der Waals surface area contributed by atoms with E-state index in [1.807, 2.05) is 6.92 Å². The second-order valence-electron chi connectivity index (χ2n) is 6.85. The normalized spacial score (nSPS) is 31.6. The minimum absolute atomic E-state index is 0.0450. The van der Waals surface area contributed by atoms with E-state index in [9.17, 15) is 9.59 Å². The molecule has 21 heavy (non-hydrogen) atoms. The summed E-state index contributed by atoms with van der Waals surface area (Å²) in [5, 5.41) is 2.79. The molecule has 0 aromatic carbocycles. The average Bonchev–Trinajstić information content (AvgIpc) is 2.79. The summed E-state index contributed by atoms with van der Waals surface area (Å²) in [6.45, 7) is 6.77. The van der Waals surface area contributed by atoms with Crippen molar-refractivity contribution in [2.45, 2.75) is 52.5 Å². The van der Waals surface area contributed by atoms with E-state index < -0.39 is 6.04 Å². The molecule has 2 fully saturated rings. The van der Waals surface area contributed by atoms with Crippen LogP contribution in [-0.4, -0.2) is 24.5 Å². The topological polar surface area (TPSA) is 55.4 Å². The Morgan fingerprint density at radius 1 is 1.43 bits per heavy atom. The molecule has 4 nitrogen and oxygen atoms in total. The second kappa shape index (κ2) is 7.10. The van der Waals surface area contributed by atoms with Crippen molar-refractivity contribution in [2.75, 3.05) is 6.61 Å². The van der Waals surface area contributed by atoms with E-state index in [-0.39, 0.29) is 17.8 Å². The van der Waals surface area contributed by atoms with Crippen LogP contribution in [0, 0.1) is 23.7 Å². The van der Waals surface area contributed by atoms with Gasteiger partial charge in [-0.25, -0.2) is 4.79 Å². The summed E-state index contributed by atoms with van der Waals surface area (Å²) in [7, 11) is 0. The van der Waals surface area contributed by atoms with Crippen molar-refractivity contribution < 1.29 is 14.3 Å². The number of carbonyl (C=O) groups is 2. The lowest BCUT2D eigenvalue weighted by atomic mass is 9.75. The van der Waals surface area contributed by atoms with Gasteiger partial charge in [-0.3, -0.25) is 4.79 Å². The fourth-order valence-corrected chi connectivity index (χ4v) is 3.15. The predicted octanol–water partition coefficient (Wildman–Crippen LogP) is 2.68. The number of allylic oxidation sites excluding steroid dienone is 2. The van der Waals surface area contributed by atoms with Gasteiger partial charge in [-0.2, -0.15) is 0 Å². The number of cyclic esters (lactones) is 1. The van der Waals surface area contributed by atoms with E-state index in [4.69, 9.17) is 4.74 Å². The molecule has 1 aliphatic heterocycles. The Balaban J connectivity index is 1.70. The van der Waals surface area contributed by atoms with E-state index in [0.717, 1.165) is 18.3 Å². The van der Waals surface area contributed by atoms with Crippen LogP contribution in [0.25, 0.3) is 0 Å². The number of amides is 1. The highest BCUT2D eigenvalue weighted by molar-refractivity contribution is 5.86. The van der Waals surface area contributed by atoms with Gasteiger partial charge in [0.15, 0.2) is 0 Å². The summed E-state index contributed by atoms with van der Waals surface area (Å²) in [4.78, 5) is 23.4. The Labute approximate surface area is 127 Å². The molecule has 118 valence electrons. The first-order chi connectivity index (χ1) is 9.95. The summed E-state index contributed by atoms with van der Waals surface area (Å²) in [6.07, 6.45) is 8.54. The van der Waals surface area contributed by atoms with Gasteiger partial charge in [0, 0.05) is 12.3 Å². The van der Waals surface area contributed by atoms with Crippen molar-refractivity contribution in [3.8, 4) is 0 Å². The van der Waals surface area contributed by atoms with Gasteiger partial charge in [-0.05, 0) is 37.0 Å². The zero-order valence-electron chi connectivity index (χ0n) is 13.3. The standard InChI is InChI=1S/C17H27NO3/c1-11(4-5-14-9-12(2)10-14)8-13(3)16(19)18-15-6-7-21-17(15)20/h4-5,11-15H,6-10H2,1-3H3,(H,18,19)/b5-4+/t11?,12?,13?,14?,15-/m1/s1. The van der Waals surface area contributed by atoms with Crippen LogP contribution in [0.5, 0.6) is 0 Å². The Hall–Kier alpha value is -1.32. The minimum atomic E-state index is -0.442. The number of hydrogen-bond acceptors (Lipinski definition) is 3. The first kappa shape index (κ1) is 16.1. The first-order valence-corrected chi connectivity index (χ1v) is 8.11. The molecule has 0 spiro atoms. The van der Waals surface area contributed by atoms with Crippen molar-refractivity contribution >= 4 is 11.9 Å². The zero-order valence-corrected chi connectivity index (χ0v) is 13.3. The molecule has 1 heterocycles. The van der Waals surface area contributed by atoms with E-state index in [1.54, 1.807) is 0 Å².